The first-order valence-electron chi connectivity index (χ1n) is 7.29. The van der Waals surface area contributed by atoms with Crippen LogP contribution in [0.25, 0.3) is 0 Å². The summed E-state index contributed by atoms with van der Waals surface area (Å²) in [6.45, 7) is 5.77. The van der Waals surface area contributed by atoms with E-state index in [-0.39, 0.29) is 24.7 Å². The predicted molar refractivity (Wildman–Crippen MR) is 82.1 cm³/mol. The number of nitrogens with zero attached hydrogens (tertiary/aromatic N) is 2. The number of nitrogens with one attached hydrogen (secondary N) is 1. The largest absolute Gasteiger partial charge is 0.444 e. The summed E-state index contributed by atoms with van der Waals surface area (Å²) < 4.78 is 19.0. The maximum Gasteiger partial charge on any atom is 0.410 e. The number of non-ortho nitro benzene ring substituents is 1. The number of likely N-dealkylation sites (tertiary alicyclic amines) is 1. The van der Waals surface area contributed by atoms with E-state index < -0.39 is 34.0 Å². The second-order valence-electron chi connectivity index (χ2n) is 6.48. The van der Waals surface area contributed by atoms with Crippen molar-refractivity contribution in [3.05, 3.63) is 39.7 Å². The van der Waals surface area contributed by atoms with Gasteiger partial charge in [-0.05, 0) is 26.8 Å². The first-order valence-corrected chi connectivity index (χ1v) is 7.29. The molecule has 0 spiro atoms. The summed E-state index contributed by atoms with van der Waals surface area (Å²) in [5.41, 5.74) is -1.31. The fourth-order valence-electron chi connectivity index (χ4n) is 2.11. The number of carbonyl (C=O) groups excluding carboxylic acids is 2. The molecule has 0 radical (unpaired) electrons. The van der Waals surface area contributed by atoms with Gasteiger partial charge in [0.25, 0.3) is 11.6 Å². The smallest absolute Gasteiger partial charge is 0.410 e. The number of halogens is 1. The number of carbonyl (C=O) groups is 2. The van der Waals surface area contributed by atoms with Crippen LogP contribution in [-0.2, 0) is 4.74 Å². The molecule has 24 heavy (non-hydrogen) atoms. The molecule has 2 amide bonds. The Labute approximate surface area is 137 Å². The second kappa shape index (κ2) is 6.42. The molecule has 0 aromatic heterocycles. The molecule has 0 unspecified atom stereocenters. The predicted octanol–water partition coefficient (Wildman–Crippen LogP) is 2.08. The summed E-state index contributed by atoms with van der Waals surface area (Å²) >= 11 is 0. The van der Waals surface area contributed by atoms with Crippen LogP contribution in [0, 0.1) is 15.9 Å². The summed E-state index contributed by atoms with van der Waals surface area (Å²) in [7, 11) is 0. The van der Waals surface area contributed by atoms with E-state index in [4.69, 9.17) is 4.74 Å². The van der Waals surface area contributed by atoms with Crippen molar-refractivity contribution in [2.75, 3.05) is 13.1 Å². The minimum Gasteiger partial charge on any atom is -0.444 e. The van der Waals surface area contributed by atoms with Crippen molar-refractivity contribution < 1.29 is 23.6 Å². The van der Waals surface area contributed by atoms with Crippen LogP contribution in [0.1, 0.15) is 31.1 Å². The van der Waals surface area contributed by atoms with Crippen molar-refractivity contribution in [3.63, 3.8) is 0 Å². The Bertz CT molecular complexity index is 680. The molecule has 130 valence electrons. The third-order valence-corrected chi connectivity index (χ3v) is 3.28. The van der Waals surface area contributed by atoms with E-state index in [0.717, 1.165) is 12.1 Å². The van der Waals surface area contributed by atoms with Gasteiger partial charge in [-0.1, -0.05) is 0 Å². The van der Waals surface area contributed by atoms with Gasteiger partial charge in [0.05, 0.1) is 22.6 Å². The van der Waals surface area contributed by atoms with Gasteiger partial charge < -0.3 is 15.0 Å². The second-order valence-corrected chi connectivity index (χ2v) is 6.48. The van der Waals surface area contributed by atoms with E-state index >= 15 is 0 Å². The van der Waals surface area contributed by atoms with Gasteiger partial charge in [-0.15, -0.1) is 0 Å². The van der Waals surface area contributed by atoms with Crippen molar-refractivity contribution >= 4 is 17.7 Å². The maximum atomic E-state index is 13.8. The highest BCUT2D eigenvalue weighted by Crippen LogP contribution is 2.18. The minimum atomic E-state index is -0.968. The highest BCUT2D eigenvalue weighted by molar-refractivity contribution is 5.95. The molecule has 1 aromatic carbocycles. The van der Waals surface area contributed by atoms with Gasteiger partial charge >= 0.3 is 6.09 Å². The van der Waals surface area contributed by atoms with Gasteiger partial charge in [0.2, 0.25) is 0 Å². The zero-order valence-electron chi connectivity index (χ0n) is 13.5. The van der Waals surface area contributed by atoms with Crippen molar-refractivity contribution in [2.24, 2.45) is 0 Å². The highest BCUT2D eigenvalue weighted by Gasteiger charge is 2.35. The van der Waals surface area contributed by atoms with Gasteiger partial charge in [0.15, 0.2) is 0 Å². The topological polar surface area (TPSA) is 102 Å². The van der Waals surface area contributed by atoms with E-state index in [1.165, 1.54) is 4.90 Å². The molecule has 0 aliphatic carbocycles. The Kier molecular flexibility index (Phi) is 4.72. The molecule has 1 aliphatic rings. The highest BCUT2D eigenvalue weighted by atomic mass is 19.1. The standard InChI is InChI=1S/C15H18FN3O5/c1-15(2,3)24-14(21)18-7-9(8-18)17-13(20)11-5-4-10(19(22)23)6-12(11)16/h4-6,9H,7-8H2,1-3H3,(H,17,20). The van der Waals surface area contributed by atoms with Crippen LogP contribution < -0.4 is 5.32 Å². The number of benzene rings is 1. The van der Waals surface area contributed by atoms with Crippen LogP contribution in [0.2, 0.25) is 0 Å². The molecule has 2 rings (SSSR count). The van der Waals surface area contributed by atoms with E-state index in [1.54, 1.807) is 20.8 Å². The molecular formula is C15H18FN3O5. The molecule has 9 heteroatoms. The summed E-state index contributed by atoms with van der Waals surface area (Å²) in [4.78, 5) is 35.0. The van der Waals surface area contributed by atoms with E-state index in [1.807, 2.05) is 0 Å². The first-order chi connectivity index (χ1) is 11.1. The summed E-state index contributed by atoms with van der Waals surface area (Å²) in [5.74, 6) is -1.65. The average molecular weight is 339 g/mol. The summed E-state index contributed by atoms with van der Waals surface area (Å²) in [6.07, 6.45) is -0.477. The zero-order chi connectivity index (χ0) is 18.1. The summed E-state index contributed by atoms with van der Waals surface area (Å²) in [6, 6.07) is 2.50. The summed E-state index contributed by atoms with van der Waals surface area (Å²) in [5, 5.41) is 13.1. The molecule has 0 atom stereocenters. The van der Waals surface area contributed by atoms with Crippen molar-refractivity contribution in [2.45, 2.75) is 32.4 Å². The van der Waals surface area contributed by atoms with E-state index in [0.29, 0.717) is 6.07 Å². The number of hydrogen-bond donors (Lipinski definition) is 1. The van der Waals surface area contributed by atoms with Crippen LogP contribution in [0.4, 0.5) is 14.9 Å². The van der Waals surface area contributed by atoms with E-state index in [9.17, 15) is 24.1 Å². The Balaban J connectivity index is 1.89. The van der Waals surface area contributed by atoms with Crippen LogP contribution >= 0.6 is 0 Å². The molecule has 1 heterocycles. The Hall–Kier alpha value is -2.71. The molecular weight excluding hydrogens is 321 g/mol. The Morgan fingerprint density at radius 1 is 1.38 bits per heavy atom. The van der Waals surface area contributed by atoms with Gasteiger partial charge in [-0.25, -0.2) is 9.18 Å². The third-order valence-electron chi connectivity index (χ3n) is 3.28. The Morgan fingerprint density at radius 2 is 2.00 bits per heavy atom. The van der Waals surface area contributed by atoms with Crippen molar-refractivity contribution in [3.8, 4) is 0 Å². The molecule has 1 aliphatic heterocycles. The van der Waals surface area contributed by atoms with Crippen LogP contribution in [0.5, 0.6) is 0 Å². The molecule has 1 N–H and O–H groups in total. The number of hydrogen-bond acceptors (Lipinski definition) is 5. The first kappa shape index (κ1) is 17.6. The lowest BCUT2D eigenvalue weighted by atomic mass is 10.1. The normalized spacial score (nSPS) is 14.8. The lowest BCUT2D eigenvalue weighted by molar-refractivity contribution is -0.385. The van der Waals surface area contributed by atoms with Crippen LogP contribution in [-0.4, -0.2) is 46.6 Å². The molecule has 8 nitrogen and oxygen atoms in total. The molecule has 0 saturated carbocycles. The average Bonchev–Trinajstić information content (AvgIpc) is 2.39. The van der Waals surface area contributed by atoms with Crippen molar-refractivity contribution in [1.82, 2.24) is 10.2 Å². The number of nitro groups is 1. The molecule has 0 bridgehead atoms. The van der Waals surface area contributed by atoms with Crippen molar-refractivity contribution in [1.29, 1.82) is 0 Å². The minimum absolute atomic E-state index is 0.259. The Morgan fingerprint density at radius 3 is 2.50 bits per heavy atom. The maximum absolute atomic E-state index is 13.8. The monoisotopic (exact) mass is 339 g/mol. The van der Waals surface area contributed by atoms with Gasteiger partial charge in [-0.3, -0.25) is 14.9 Å². The number of ether oxygens (including phenoxy) is 1. The van der Waals surface area contributed by atoms with E-state index in [2.05, 4.69) is 5.32 Å². The van der Waals surface area contributed by atoms with Gasteiger partial charge in [0, 0.05) is 19.2 Å². The lowest BCUT2D eigenvalue weighted by Gasteiger charge is -2.39. The third kappa shape index (κ3) is 4.18. The molecule has 1 fully saturated rings. The van der Waals surface area contributed by atoms with Gasteiger partial charge in [-0.2, -0.15) is 0 Å². The zero-order valence-corrected chi connectivity index (χ0v) is 13.5. The number of amides is 2. The van der Waals surface area contributed by atoms with Crippen LogP contribution in [0.3, 0.4) is 0 Å². The fourth-order valence-corrected chi connectivity index (χ4v) is 2.11. The molecule has 1 saturated heterocycles. The van der Waals surface area contributed by atoms with Crippen LogP contribution in [0.15, 0.2) is 18.2 Å². The fraction of sp³-hybridized carbons (Fsp3) is 0.467. The lowest BCUT2D eigenvalue weighted by Crippen LogP contribution is -2.61. The SMILES string of the molecule is CC(C)(C)OC(=O)N1CC(NC(=O)c2ccc([N+](=O)[O-])cc2F)C1. The molecule has 1 aromatic rings. The quantitative estimate of drug-likeness (QED) is 0.671. The number of rotatable bonds is 3. The van der Waals surface area contributed by atoms with Gasteiger partial charge in [0.1, 0.15) is 11.4 Å². The number of nitro benzene ring substituents is 1.